The Morgan fingerprint density at radius 2 is 2.15 bits per heavy atom. The van der Waals surface area contributed by atoms with Gasteiger partial charge in [0.15, 0.2) is 5.96 Å². The molecular formula is C14H26IN3OS. The molecule has 0 saturated carbocycles. The van der Waals surface area contributed by atoms with Crippen LogP contribution in [0, 0.1) is 0 Å². The minimum absolute atomic E-state index is 0. The number of hydrogen-bond donors (Lipinski definition) is 3. The summed E-state index contributed by atoms with van der Waals surface area (Å²) in [6, 6.07) is 3.89. The molecule has 0 fully saturated rings. The third-order valence-electron chi connectivity index (χ3n) is 2.76. The number of guanidine groups is 1. The lowest BCUT2D eigenvalue weighted by Crippen LogP contribution is -2.39. The molecule has 1 heterocycles. The van der Waals surface area contributed by atoms with Gasteiger partial charge in [0.2, 0.25) is 0 Å². The van der Waals surface area contributed by atoms with Crippen molar-refractivity contribution in [2.75, 3.05) is 19.6 Å². The highest BCUT2D eigenvalue weighted by molar-refractivity contribution is 14.0. The average Bonchev–Trinajstić information content (AvgIpc) is 2.91. The number of rotatable bonds is 7. The second-order valence-electron chi connectivity index (χ2n) is 4.73. The topological polar surface area (TPSA) is 56.7 Å². The van der Waals surface area contributed by atoms with Crippen molar-refractivity contribution in [1.29, 1.82) is 0 Å². The third-order valence-corrected chi connectivity index (χ3v) is 3.89. The van der Waals surface area contributed by atoms with Crippen molar-refractivity contribution in [3.05, 3.63) is 22.4 Å². The van der Waals surface area contributed by atoms with E-state index in [0.717, 1.165) is 36.8 Å². The molecule has 0 aromatic carbocycles. The van der Waals surface area contributed by atoms with Crippen molar-refractivity contribution in [3.8, 4) is 0 Å². The maximum Gasteiger partial charge on any atom is 0.191 e. The number of halogens is 1. The van der Waals surface area contributed by atoms with Gasteiger partial charge in [-0.05, 0) is 31.7 Å². The Bertz CT molecular complexity index is 380. The van der Waals surface area contributed by atoms with Crippen LogP contribution in [0.3, 0.4) is 0 Å². The monoisotopic (exact) mass is 411 g/mol. The molecule has 1 aromatic heterocycles. The van der Waals surface area contributed by atoms with Gasteiger partial charge in [-0.2, -0.15) is 0 Å². The Morgan fingerprint density at radius 1 is 1.40 bits per heavy atom. The highest BCUT2D eigenvalue weighted by Crippen LogP contribution is 2.25. The van der Waals surface area contributed by atoms with Crippen LogP contribution in [0.15, 0.2) is 22.5 Å². The van der Waals surface area contributed by atoms with E-state index in [1.807, 2.05) is 24.4 Å². The molecule has 1 rings (SSSR count). The number of hydrogen-bond acceptors (Lipinski definition) is 3. The summed E-state index contributed by atoms with van der Waals surface area (Å²) in [6.45, 7) is 8.08. The predicted octanol–water partition coefficient (Wildman–Crippen LogP) is 2.93. The molecule has 20 heavy (non-hydrogen) atoms. The van der Waals surface area contributed by atoms with Crippen molar-refractivity contribution in [2.24, 2.45) is 4.99 Å². The van der Waals surface area contributed by atoms with Crippen LogP contribution in [-0.4, -0.2) is 30.7 Å². The van der Waals surface area contributed by atoms with Crippen molar-refractivity contribution >= 4 is 41.3 Å². The van der Waals surface area contributed by atoms with Gasteiger partial charge >= 0.3 is 0 Å². The van der Waals surface area contributed by atoms with Gasteiger partial charge in [0.1, 0.15) is 5.60 Å². The van der Waals surface area contributed by atoms with Crippen molar-refractivity contribution < 1.29 is 5.11 Å². The highest BCUT2D eigenvalue weighted by Gasteiger charge is 2.23. The minimum atomic E-state index is -0.902. The summed E-state index contributed by atoms with van der Waals surface area (Å²) >= 11 is 1.56. The Kier molecular flexibility index (Phi) is 10.2. The number of nitrogens with one attached hydrogen (secondary N) is 2. The second-order valence-corrected chi connectivity index (χ2v) is 5.67. The molecule has 0 saturated heterocycles. The van der Waals surface area contributed by atoms with Gasteiger partial charge in [-0.3, -0.25) is 0 Å². The molecule has 1 atom stereocenters. The molecular weight excluding hydrogens is 385 g/mol. The fourth-order valence-electron chi connectivity index (χ4n) is 1.62. The SMILES string of the molecule is CCCCNC(=NCC(C)(O)c1cccs1)NCC.I. The molecule has 3 N–H and O–H groups in total. The lowest BCUT2D eigenvalue weighted by atomic mass is 10.1. The van der Waals surface area contributed by atoms with Gasteiger partial charge in [-0.25, -0.2) is 4.99 Å². The minimum Gasteiger partial charge on any atom is -0.383 e. The maximum absolute atomic E-state index is 10.4. The van der Waals surface area contributed by atoms with Crippen LogP contribution in [0.5, 0.6) is 0 Å². The fraction of sp³-hybridized carbons (Fsp3) is 0.643. The third kappa shape index (κ3) is 6.90. The first-order valence-electron chi connectivity index (χ1n) is 6.88. The summed E-state index contributed by atoms with van der Waals surface area (Å²) in [4.78, 5) is 5.41. The molecule has 1 aromatic rings. The molecule has 0 spiro atoms. The summed E-state index contributed by atoms with van der Waals surface area (Å²) in [6.07, 6.45) is 2.27. The quantitative estimate of drug-likeness (QED) is 0.280. The zero-order valence-electron chi connectivity index (χ0n) is 12.5. The van der Waals surface area contributed by atoms with Crippen LogP contribution in [-0.2, 0) is 5.60 Å². The zero-order chi connectivity index (χ0) is 14.1. The Balaban J connectivity index is 0.00000361. The predicted molar refractivity (Wildman–Crippen MR) is 98.2 cm³/mol. The molecule has 0 bridgehead atoms. The standard InChI is InChI=1S/C14H25N3OS.HI/c1-4-6-9-16-13(15-5-2)17-11-14(3,18)12-8-7-10-19-12;/h7-8,10,18H,4-6,9,11H2,1-3H3,(H2,15,16,17);1H. The molecule has 116 valence electrons. The number of aliphatic imine (C=N–C) groups is 1. The largest absolute Gasteiger partial charge is 0.383 e. The smallest absolute Gasteiger partial charge is 0.191 e. The number of aliphatic hydroxyl groups is 1. The van der Waals surface area contributed by atoms with E-state index in [2.05, 4.69) is 22.5 Å². The molecule has 0 amide bonds. The first-order chi connectivity index (χ1) is 9.10. The normalized spacial score (nSPS) is 14.3. The molecule has 1 unspecified atom stereocenters. The maximum atomic E-state index is 10.4. The molecule has 4 nitrogen and oxygen atoms in total. The lowest BCUT2D eigenvalue weighted by molar-refractivity contribution is 0.0711. The van der Waals surface area contributed by atoms with E-state index in [0.29, 0.717) is 6.54 Å². The Morgan fingerprint density at radius 3 is 2.70 bits per heavy atom. The molecule has 6 heteroatoms. The van der Waals surface area contributed by atoms with Crippen LogP contribution in [0.2, 0.25) is 0 Å². The van der Waals surface area contributed by atoms with E-state index >= 15 is 0 Å². The van der Waals surface area contributed by atoms with E-state index in [4.69, 9.17) is 0 Å². The molecule has 0 radical (unpaired) electrons. The van der Waals surface area contributed by atoms with Crippen LogP contribution in [0.4, 0.5) is 0 Å². The van der Waals surface area contributed by atoms with E-state index in [1.54, 1.807) is 18.3 Å². The van der Waals surface area contributed by atoms with Crippen LogP contribution in [0.1, 0.15) is 38.5 Å². The van der Waals surface area contributed by atoms with E-state index in [9.17, 15) is 5.11 Å². The van der Waals surface area contributed by atoms with E-state index < -0.39 is 5.60 Å². The van der Waals surface area contributed by atoms with Crippen molar-refractivity contribution in [3.63, 3.8) is 0 Å². The molecule has 0 aliphatic carbocycles. The number of nitrogens with zero attached hydrogens (tertiary/aromatic N) is 1. The lowest BCUT2D eigenvalue weighted by Gasteiger charge is -2.20. The van der Waals surface area contributed by atoms with Gasteiger partial charge in [0, 0.05) is 18.0 Å². The molecule has 0 aliphatic rings. The average molecular weight is 411 g/mol. The van der Waals surface area contributed by atoms with E-state index in [-0.39, 0.29) is 24.0 Å². The first kappa shape index (κ1) is 19.7. The number of unbranched alkanes of at least 4 members (excludes halogenated alkanes) is 1. The summed E-state index contributed by atoms with van der Waals surface area (Å²) in [5.41, 5.74) is -0.902. The summed E-state index contributed by atoms with van der Waals surface area (Å²) in [5.74, 6) is 0.771. The Labute approximate surface area is 143 Å². The Hall–Kier alpha value is -0.340. The molecule has 0 aliphatic heterocycles. The van der Waals surface area contributed by atoms with Gasteiger partial charge in [0.25, 0.3) is 0 Å². The highest BCUT2D eigenvalue weighted by atomic mass is 127. The van der Waals surface area contributed by atoms with Crippen molar-refractivity contribution in [1.82, 2.24) is 10.6 Å². The zero-order valence-corrected chi connectivity index (χ0v) is 15.6. The fourth-order valence-corrected chi connectivity index (χ4v) is 2.40. The van der Waals surface area contributed by atoms with Gasteiger partial charge in [-0.15, -0.1) is 35.3 Å². The van der Waals surface area contributed by atoms with E-state index in [1.165, 1.54) is 0 Å². The number of thiophene rings is 1. The second kappa shape index (κ2) is 10.4. The summed E-state index contributed by atoms with van der Waals surface area (Å²) in [7, 11) is 0. The summed E-state index contributed by atoms with van der Waals surface area (Å²) in [5, 5.41) is 18.8. The van der Waals surface area contributed by atoms with Gasteiger partial charge in [-0.1, -0.05) is 19.4 Å². The van der Waals surface area contributed by atoms with Crippen LogP contribution < -0.4 is 10.6 Å². The van der Waals surface area contributed by atoms with Gasteiger partial charge < -0.3 is 15.7 Å². The van der Waals surface area contributed by atoms with Gasteiger partial charge in [0.05, 0.1) is 6.54 Å². The van der Waals surface area contributed by atoms with Crippen LogP contribution >= 0.6 is 35.3 Å². The first-order valence-corrected chi connectivity index (χ1v) is 7.76. The van der Waals surface area contributed by atoms with Crippen molar-refractivity contribution in [2.45, 2.75) is 39.2 Å². The van der Waals surface area contributed by atoms with Crippen LogP contribution in [0.25, 0.3) is 0 Å². The summed E-state index contributed by atoms with van der Waals surface area (Å²) < 4.78 is 0.